The summed E-state index contributed by atoms with van der Waals surface area (Å²) >= 11 is 10.5. The molecule has 18 heavy (non-hydrogen) atoms. The van der Waals surface area contributed by atoms with E-state index >= 15 is 0 Å². The van der Waals surface area contributed by atoms with Crippen LogP contribution in [0.15, 0.2) is 34.8 Å². The number of rotatable bonds is 4. The second-order valence-electron chi connectivity index (χ2n) is 3.48. The zero-order valence-corrected chi connectivity index (χ0v) is 12.2. The summed E-state index contributed by atoms with van der Waals surface area (Å²) in [6.07, 6.45) is 0. The number of anilines is 1. The minimum absolute atomic E-state index is 0.0456. The Kier molecular flexibility index (Phi) is 4.21. The van der Waals surface area contributed by atoms with Crippen LogP contribution in [-0.4, -0.2) is 4.92 Å². The molecule has 0 unspecified atom stereocenters. The fourth-order valence-corrected chi connectivity index (χ4v) is 2.82. The fourth-order valence-electron chi connectivity index (χ4n) is 1.40. The zero-order valence-electron chi connectivity index (χ0n) is 9.02. The van der Waals surface area contributed by atoms with E-state index < -0.39 is 4.92 Å². The van der Waals surface area contributed by atoms with Gasteiger partial charge in [0, 0.05) is 23.2 Å². The van der Waals surface area contributed by atoms with Gasteiger partial charge in [-0.25, -0.2) is 0 Å². The summed E-state index contributed by atoms with van der Waals surface area (Å²) in [5, 5.41) is 13.9. The Balaban J connectivity index is 2.10. The highest BCUT2D eigenvalue weighted by atomic mass is 79.9. The third kappa shape index (κ3) is 3.22. The van der Waals surface area contributed by atoms with Gasteiger partial charge >= 0.3 is 0 Å². The largest absolute Gasteiger partial charge is 0.380 e. The van der Waals surface area contributed by atoms with Crippen molar-refractivity contribution in [3.8, 4) is 0 Å². The van der Waals surface area contributed by atoms with Crippen LogP contribution < -0.4 is 5.32 Å². The van der Waals surface area contributed by atoms with E-state index in [-0.39, 0.29) is 5.69 Å². The van der Waals surface area contributed by atoms with Crippen molar-refractivity contribution in [1.82, 2.24) is 0 Å². The Morgan fingerprint density at radius 1 is 1.39 bits per heavy atom. The first-order valence-electron chi connectivity index (χ1n) is 4.98. The standard InChI is InChI=1S/C11H8BrClN2O2S/c12-9-3-1-7(5-10(9)15(16)17)14-6-8-2-4-11(13)18-8/h1-5,14H,6H2. The number of nitrogens with one attached hydrogen (secondary N) is 1. The van der Waals surface area contributed by atoms with Crippen LogP contribution in [0.2, 0.25) is 4.34 Å². The first-order chi connectivity index (χ1) is 8.56. The predicted octanol–water partition coefficient (Wildman–Crippen LogP) is 4.68. The molecule has 1 aromatic heterocycles. The van der Waals surface area contributed by atoms with Crippen LogP contribution in [0, 0.1) is 10.1 Å². The maximum absolute atomic E-state index is 10.8. The molecule has 0 aliphatic carbocycles. The molecule has 0 saturated carbocycles. The van der Waals surface area contributed by atoms with Crippen LogP contribution in [0.5, 0.6) is 0 Å². The van der Waals surface area contributed by atoms with Crippen molar-refractivity contribution >= 4 is 50.2 Å². The van der Waals surface area contributed by atoms with Gasteiger partial charge in [-0.1, -0.05) is 11.6 Å². The van der Waals surface area contributed by atoms with E-state index in [2.05, 4.69) is 21.2 Å². The van der Waals surface area contributed by atoms with Crippen molar-refractivity contribution in [1.29, 1.82) is 0 Å². The smallest absolute Gasteiger partial charge is 0.285 e. The fraction of sp³-hybridized carbons (Fsp3) is 0.0909. The van der Waals surface area contributed by atoms with Crippen molar-refractivity contribution < 1.29 is 4.92 Å². The average Bonchev–Trinajstić information content (AvgIpc) is 2.74. The van der Waals surface area contributed by atoms with Gasteiger partial charge in [-0.15, -0.1) is 11.3 Å². The first-order valence-corrected chi connectivity index (χ1v) is 6.97. The summed E-state index contributed by atoms with van der Waals surface area (Å²) < 4.78 is 1.20. The molecule has 1 N–H and O–H groups in total. The number of nitro groups is 1. The van der Waals surface area contributed by atoms with E-state index in [9.17, 15) is 10.1 Å². The van der Waals surface area contributed by atoms with E-state index in [1.165, 1.54) is 17.4 Å². The molecule has 1 heterocycles. The number of halogens is 2. The molecule has 0 radical (unpaired) electrons. The highest BCUT2D eigenvalue weighted by molar-refractivity contribution is 9.10. The molecular formula is C11H8BrClN2O2S. The molecule has 0 spiro atoms. The SMILES string of the molecule is O=[N+]([O-])c1cc(NCc2ccc(Cl)s2)ccc1Br. The Labute approximate surface area is 121 Å². The normalized spacial score (nSPS) is 10.3. The van der Waals surface area contributed by atoms with Gasteiger partial charge in [0.2, 0.25) is 0 Å². The molecule has 94 valence electrons. The molecule has 2 rings (SSSR count). The number of thiophene rings is 1. The summed E-state index contributed by atoms with van der Waals surface area (Å²) in [7, 11) is 0. The lowest BCUT2D eigenvalue weighted by atomic mass is 10.3. The van der Waals surface area contributed by atoms with E-state index in [1.54, 1.807) is 12.1 Å². The molecule has 0 aliphatic heterocycles. The van der Waals surface area contributed by atoms with E-state index in [4.69, 9.17) is 11.6 Å². The second kappa shape index (κ2) is 5.69. The third-order valence-corrected chi connectivity index (χ3v) is 4.14. The number of nitro benzene ring substituents is 1. The van der Waals surface area contributed by atoms with Crippen LogP contribution in [-0.2, 0) is 6.54 Å². The van der Waals surface area contributed by atoms with Gasteiger partial charge in [0.05, 0.1) is 13.7 Å². The van der Waals surface area contributed by atoms with Gasteiger partial charge in [0.1, 0.15) is 0 Å². The van der Waals surface area contributed by atoms with Crippen LogP contribution in [0.3, 0.4) is 0 Å². The molecule has 0 bridgehead atoms. The Morgan fingerprint density at radius 3 is 2.78 bits per heavy atom. The van der Waals surface area contributed by atoms with Gasteiger partial charge in [-0.2, -0.15) is 0 Å². The number of hydrogen-bond donors (Lipinski definition) is 1. The van der Waals surface area contributed by atoms with Crippen LogP contribution >= 0.6 is 38.9 Å². The first kappa shape index (κ1) is 13.3. The van der Waals surface area contributed by atoms with Gasteiger partial charge in [0.25, 0.3) is 5.69 Å². The second-order valence-corrected chi connectivity index (χ2v) is 6.14. The minimum atomic E-state index is -0.419. The molecule has 0 aliphatic rings. The lowest BCUT2D eigenvalue weighted by Crippen LogP contribution is -1.98. The molecule has 2 aromatic rings. The van der Waals surface area contributed by atoms with Crippen LogP contribution in [0.4, 0.5) is 11.4 Å². The number of hydrogen-bond acceptors (Lipinski definition) is 4. The molecule has 0 saturated heterocycles. The molecule has 1 aromatic carbocycles. The Bertz CT molecular complexity index is 588. The van der Waals surface area contributed by atoms with Crippen molar-refractivity contribution in [2.24, 2.45) is 0 Å². The highest BCUT2D eigenvalue weighted by Gasteiger charge is 2.12. The quantitative estimate of drug-likeness (QED) is 0.645. The van der Waals surface area contributed by atoms with Gasteiger partial charge in [0.15, 0.2) is 0 Å². The third-order valence-electron chi connectivity index (χ3n) is 2.24. The zero-order chi connectivity index (χ0) is 13.1. The summed E-state index contributed by atoms with van der Waals surface area (Å²) in [6, 6.07) is 8.69. The molecular weight excluding hydrogens is 340 g/mol. The Hall–Kier alpha value is -1.11. The molecule has 4 nitrogen and oxygen atoms in total. The number of benzene rings is 1. The lowest BCUT2D eigenvalue weighted by Gasteiger charge is -2.05. The lowest BCUT2D eigenvalue weighted by molar-refractivity contribution is -0.385. The summed E-state index contributed by atoms with van der Waals surface area (Å²) in [5.41, 5.74) is 0.749. The summed E-state index contributed by atoms with van der Waals surface area (Å²) in [5.74, 6) is 0. The number of nitrogens with zero attached hydrogens (tertiary/aromatic N) is 1. The van der Waals surface area contributed by atoms with Crippen LogP contribution in [0.1, 0.15) is 4.88 Å². The van der Waals surface area contributed by atoms with Gasteiger partial charge < -0.3 is 5.32 Å². The van der Waals surface area contributed by atoms with E-state index in [0.717, 1.165) is 9.21 Å². The minimum Gasteiger partial charge on any atom is -0.380 e. The van der Waals surface area contributed by atoms with Crippen molar-refractivity contribution in [2.45, 2.75) is 6.54 Å². The molecule has 7 heteroatoms. The Morgan fingerprint density at radius 2 is 2.17 bits per heavy atom. The monoisotopic (exact) mass is 346 g/mol. The highest BCUT2D eigenvalue weighted by Crippen LogP contribution is 2.28. The molecule has 0 fully saturated rings. The van der Waals surface area contributed by atoms with Crippen molar-refractivity contribution in [3.05, 3.63) is 54.1 Å². The predicted molar refractivity (Wildman–Crippen MR) is 77.5 cm³/mol. The average molecular weight is 348 g/mol. The molecule has 0 amide bonds. The summed E-state index contributed by atoms with van der Waals surface area (Å²) in [6.45, 7) is 0.593. The molecule has 0 atom stereocenters. The van der Waals surface area contributed by atoms with E-state index in [0.29, 0.717) is 16.7 Å². The van der Waals surface area contributed by atoms with Crippen molar-refractivity contribution in [3.63, 3.8) is 0 Å². The summed E-state index contributed by atoms with van der Waals surface area (Å²) in [4.78, 5) is 11.4. The maximum Gasteiger partial charge on any atom is 0.285 e. The van der Waals surface area contributed by atoms with Gasteiger partial charge in [-0.3, -0.25) is 10.1 Å². The van der Waals surface area contributed by atoms with Crippen molar-refractivity contribution in [2.75, 3.05) is 5.32 Å². The maximum atomic E-state index is 10.8. The van der Waals surface area contributed by atoms with Crippen LogP contribution in [0.25, 0.3) is 0 Å². The van der Waals surface area contributed by atoms with Gasteiger partial charge in [-0.05, 0) is 40.2 Å². The topological polar surface area (TPSA) is 55.2 Å². The van der Waals surface area contributed by atoms with E-state index in [1.807, 2.05) is 12.1 Å².